The predicted octanol–water partition coefficient (Wildman–Crippen LogP) is 4.26. The van der Waals surface area contributed by atoms with Gasteiger partial charge in [0.1, 0.15) is 0 Å². The van der Waals surface area contributed by atoms with Crippen LogP contribution in [-0.4, -0.2) is 59.9 Å². The summed E-state index contributed by atoms with van der Waals surface area (Å²) in [6, 6.07) is 15.4. The lowest BCUT2D eigenvalue weighted by atomic mass is 10.2. The Balaban J connectivity index is 1.68. The number of amides is 1. The third-order valence-electron chi connectivity index (χ3n) is 4.63. The van der Waals surface area contributed by atoms with Crippen LogP contribution in [0, 0.1) is 6.92 Å². The second-order valence-corrected chi connectivity index (χ2v) is 8.12. The Hall–Kier alpha value is -2.02. The van der Waals surface area contributed by atoms with E-state index in [4.69, 9.17) is 16.6 Å². The number of nitrogens with one attached hydrogen (secondary N) is 1. The van der Waals surface area contributed by atoms with Gasteiger partial charge in [-0.05, 0) is 43.8 Å². The third-order valence-corrected chi connectivity index (χ3v) is 6.05. The SMILES string of the molecule is Cc1c(Cl)cccc1NC(=O)CSC(=Nc1ccccc1)N1CCN(C)CC1. The first-order valence-corrected chi connectivity index (χ1v) is 10.6. The van der Waals surface area contributed by atoms with E-state index in [0.29, 0.717) is 10.8 Å². The van der Waals surface area contributed by atoms with Crippen LogP contribution in [-0.2, 0) is 4.79 Å². The summed E-state index contributed by atoms with van der Waals surface area (Å²) in [7, 11) is 2.12. The van der Waals surface area contributed by atoms with E-state index in [-0.39, 0.29) is 5.91 Å². The zero-order chi connectivity index (χ0) is 19.9. The minimum atomic E-state index is -0.0646. The average Bonchev–Trinajstić information content (AvgIpc) is 2.70. The topological polar surface area (TPSA) is 47.9 Å². The van der Waals surface area contributed by atoms with Crippen LogP contribution >= 0.6 is 23.4 Å². The normalized spacial score (nSPS) is 15.5. The summed E-state index contributed by atoms with van der Waals surface area (Å²) >= 11 is 7.62. The van der Waals surface area contributed by atoms with E-state index >= 15 is 0 Å². The summed E-state index contributed by atoms with van der Waals surface area (Å²) < 4.78 is 0. The van der Waals surface area contributed by atoms with Crippen LogP contribution in [0.3, 0.4) is 0 Å². The highest BCUT2D eigenvalue weighted by molar-refractivity contribution is 8.14. The number of nitrogens with zero attached hydrogens (tertiary/aromatic N) is 3. The number of anilines is 1. The van der Waals surface area contributed by atoms with Crippen molar-refractivity contribution in [1.29, 1.82) is 0 Å². The van der Waals surface area contributed by atoms with Crippen LogP contribution in [0.5, 0.6) is 0 Å². The molecule has 0 aromatic heterocycles. The molecule has 0 bridgehead atoms. The van der Waals surface area contributed by atoms with Gasteiger partial charge < -0.3 is 15.1 Å². The fourth-order valence-electron chi connectivity index (χ4n) is 2.86. The number of carbonyl (C=O) groups is 1. The van der Waals surface area contributed by atoms with E-state index in [1.165, 1.54) is 11.8 Å². The van der Waals surface area contributed by atoms with E-state index in [1.54, 1.807) is 0 Å². The number of amidine groups is 1. The summed E-state index contributed by atoms with van der Waals surface area (Å²) in [5.41, 5.74) is 2.52. The van der Waals surface area contributed by atoms with Crippen molar-refractivity contribution < 1.29 is 4.79 Å². The second kappa shape index (κ2) is 9.96. The van der Waals surface area contributed by atoms with Crippen LogP contribution in [0.4, 0.5) is 11.4 Å². The summed E-state index contributed by atoms with van der Waals surface area (Å²) in [4.78, 5) is 21.9. The lowest BCUT2D eigenvalue weighted by molar-refractivity contribution is -0.113. The highest BCUT2D eigenvalue weighted by Crippen LogP contribution is 2.24. The van der Waals surface area contributed by atoms with Gasteiger partial charge in [-0.2, -0.15) is 0 Å². The summed E-state index contributed by atoms with van der Waals surface area (Å²) in [6.45, 7) is 5.69. The summed E-state index contributed by atoms with van der Waals surface area (Å²) in [5.74, 6) is 0.231. The van der Waals surface area contributed by atoms with Crippen molar-refractivity contribution >= 4 is 45.8 Å². The van der Waals surface area contributed by atoms with Crippen molar-refractivity contribution in [2.24, 2.45) is 4.99 Å². The molecular formula is C21H25ClN4OS. The van der Waals surface area contributed by atoms with E-state index in [9.17, 15) is 4.79 Å². The van der Waals surface area contributed by atoms with Gasteiger partial charge in [-0.1, -0.05) is 47.6 Å². The Labute approximate surface area is 175 Å². The molecule has 1 heterocycles. The summed E-state index contributed by atoms with van der Waals surface area (Å²) in [6.07, 6.45) is 0. The van der Waals surface area contributed by atoms with E-state index in [0.717, 1.165) is 48.3 Å². The van der Waals surface area contributed by atoms with Crippen LogP contribution in [0.15, 0.2) is 53.5 Å². The first kappa shape index (κ1) is 20.7. The fourth-order valence-corrected chi connectivity index (χ4v) is 3.91. The Morgan fingerprint density at radius 2 is 1.82 bits per heavy atom. The number of thioether (sulfide) groups is 1. The lowest BCUT2D eigenvalue weighted by Gasteiger charge is -2.34. The Kier molecular flexibility index (Phi) is 7.36. The number of hydrogen-bond acceptors (Lipinski definition) is 4. The van der Waals surface area contributed by atoms with Gasteiger partial charge in [0.15, 0.2) is 5.17 Å². The molecule has 148 valence electrons. The van der Waals surface area contributed by atoms with Gasteiger partial charge in [0.05, 0.1) is 11.4 Å². The lowest BCUT2D eigenvalue weighted by Crippen LogP contribution is -2.46. The third kappa shape index (κ3) is 5.74. The molecular weight excluding hydrogens is 392 g/mol. The number of hydrogen-bond donors (Lipinski definition) is 1. The van der Waals surface area contributed by atoms with Gasteiger partial charge in [-0.15, -0.1) is 0 Å². The molecule has 1 aliphatic rings. The molecule has 0 spiro atoms. The molecule has 0 unspecified atom stereocenters. The molecule has 7 heteroatoms. The molecule has 1 fully saturated rings. The number of likely N-dealkylation sites (N-methyl/N-ethyl adjacent to an activating group) is 1. The minimum Gasteiger partial charge on any atom is -0.349 e. The van der Waals surface area contributed by atoms with Crippen LogP contribution in [0.2, 0.25) is 5.02 Å². The Morgan fingerprint density at radius 3 is 2.54 bits per heavy atom. The molecule has 1 N–H and O–H groups in total. The van der Waals surface area contributed by atoms with Crippen molar-refractivity contribution in [3.8, 4) is 0 Å². The molecule has 1 aliphatic heterocycles. The largest absolute Gasteiger partial charge is 0.349 e. The fraction of sp³-hybridized carbons (Fsp3) is 0.333. The molecule has 5 nitrogen and oxygen atoms in total. The minimum absolute atomic E-state index is 0.0646. The van der Waals surface area contributed by atoms with Crippen molar-refractivity contribution in [3.63, 3.8) is 0 Å². The highest BCUT2D eigenvalue weighted by atomic mass is 35.5. The number of para-hydroxylation sites is 1. The molecule has 1 amide bonds. The maximum atomic E-state index is 12.5. The number of rotatable bonds is 4. The maximum Gasteiger partial charge on any atom is 0.234 e. The smallest absolute Gasteiger partial charge is 0.234 e. The highest BCUT2D eigenvalue weighted by Gasteiger charge is 2.19. The zero-order valence-electron chi connectivity index (χ0n) is 16.2. The first-order valence-electron chi connectivity index (χ1n) is 9.28. The predicted molar refractivity (Wildman–Crippen MR) is 120 cm³/mol. The number of aliphatic imine (C=N–C) groups is 1. The molecule has 0 atom stereocenters. The molecule has 2 aromatic rings. The molecule has 0 aliphatic carbocycles. The number of piperazine rings is 1. The van der Waals surface area contributed by atoms with Crippen LogP contribution in [0.1, 0.15) is 5.56 Å². The summed E-state index contributed by atoms with van der Waals surface area (Å²) in [5, 5.41) is 4.49. The van der Waals surface area contributed by atoms with E-state index in [1.807, 2.05) is 55.5 Å². The van der Waals surface area contributed by atoms with Crippen LogP contribution < -0.4 is 5.32 Å². The number of benzene rings is 2. The molecule has 1 saturated heterocycles. The maximum absolute atomic E-state index is 12.5. The monoisotopic (exact) mass is 416 g/mol. The molecule has 0 radical (unpaired) electrons. The standard InChI is InChI=1S/C21H25ClN4OS/c1-16-18(22)9-6-10-19(16)24-20(27)15-28-21(23-17-7-4-3-5-8-17)26-13-11-25(2)12-14-26/h3-10H,11-15H2,1-2H3,(H,24,27). The van der Waals surface area contributed by atoms with E-state index < -0.39 is 0 Å². The van der Waals surface area contributed by atoms with Gasteiger partial charge >= 0.3 is 0 Å². The number of carbonyl (C=O) groups excluding carboxylic acids is 1. The van der Waals surface area contributed by atoms with E-state index in [2.05, 4.69) is 22.2 Å². The molecule has 28 heavy (non-hydrogen) atoms. The molecule has 3 rings (SSSR count). The van der Waals surface area contributed by atoms with Gasteiger partial charge in [0.2, 0.25) is 5.91 Å². The van der Waals surface area contributed by atoms with Gasteiger partial charge in [0.25, 0.3) is 0 Å². The number of halogens is 1. The van der Waals surface area contributed by atoms with Gasteiger partial charge in [-0.25, -0.2) is 4.99 Å². The molecule has 2 aromatic carbocycles. The molecule has 0 saturated carbocycles. The van der Waals surface area contributed by atoms with Crippen molar-refractivity contribution in [2.75, 3.05) is 44.3 Å². The van der Waals surface area contributed by atoms with Crippen molar-refractivity contribution in [1.82, 2.24) is 9.80 Å². The Morgan fingerprint density at radius 1 is 1.11 bits per heavy atom. The van der Waals surface area contributed by atoms with Crippen LogP contribution in [0.25, 0.3) is 0 Å². The quantitative estimate of drug-likeness (QED) is 0.597. The first-order chi connectivity index (χ1) is 13.5. The van der Waals surface area contributed by atoms with Crippen molar-refractivity contribution in [3.05, 3.63) is 59.1 Å². The Bertz CT molecular complexity index is 836. The average molecular weight is 417 g/mol. The second-order valence-electron chi connectivity index (χ2n) is 6.77. The van der Waals surface area contributed by atoms with Gasteiger partial charge in [-0.3, -0.25) is 4.79 Å². The van der Waals surface area contributed by atoms with Gasteiger partial charge in [0, 0.05) is 36.9 Å². The zero-order valence-corrected chi connectivity index (χ0v) is 17.8. The van der Waals surface area contributed by atoms with Crippen molar-refractivity contribution in [2.45, 2.75) is 6.92 Å².